The molecule has 1 unspecified atom stereocenters. The van der Waals surface area contributed by atoms with Crippen LogP contribution in [0.2, 0.25) is 0 Å². The Morgan fingerprint density at radius 1 is 1.25 bits per heavy atom. The molecule has 1 saturated carbocycles. The molecule has 154 valence electrons. The summed E-state index contributed by atoms with van der Waals surface area (Å²) in [6.45, 7) is 10.8. The van der Waals surface area contributed by atoms with E-state index in [1.165, 1.54) is 29.0 Å². The van der Waals surface area contributed by atoms with Gasteiger partial charge >= 0.3 is 5.97 Å². The Hall–Kier alpha value is -1.40. The molecule has 1 aromatic heterocycles. The number of amides is 1. The number of hydrogen-bond donors (Lipinski definition) is 2. The highest BCUT2D eigenvalue weighted by Gasteiger charge is 2.53. The molecular formula is C22H33N2O3S+. The molecule has 0 aromatic carbocycles. The first kappa shape index (κ1) is 19.9. The van der Waals surface area contributed by atoms with Crippen molar-refractivity contribution in [1.82, 2.24) is 0 Å². The molecule has 1 saturated heterocycles. The lowest BCUT2D eigenvalue weighted by Gasteiger charge is -2.37. The molecule has 1 aliphatic heterocycles. The third kappa shape index (κ3) is 3.73. The first-order valence-electron chi connectivity index (χ1n) is 10.7. The largest absolute Gasteiger partial charge is 0.462 e. The van der Waals surface area contributed by atoms with Crippen molar-refractivity contribution in [2.75, 3.05) is 25.0 Å². The fraction of sp³-hybridized carbons (Fsp3) is 0.727. The fourth-order valence-electron chi connectivity index (χ4n) is 6.25. The third-order valence-corrected chi connectivity index (χ3v) is 7.92. The van der Waals surface area contributed by atoms with Gasteiger partial charge in [0.1, 0.15) is 5.00 Å². The molecule has 2 bridgehead atoms. The predicted octanol–water partition coefficient (Wildman–Crippen LogP) is 2.84. The van der Waals surface area contributed by atoms with E-state index < -0.39 is 0 Å². The van der Waals surface area contributed by atoms with Crippen LogP contribution in [0.15, 0.2) is 0 Å². The van der Waals surface area contributed by atoms with E-state index in [4.69, 9.17) is 4.74 Å². The van der Waals surface area contributed by atoms with Gasteiger partial charge < -0.3 is 15.0 Å². The van der Waals surface area contributed by atoms with Gasteiger partial charge in [0.2, 0.25) is 0 Å². The van der Waals surface area contributed by atoms with Gasteiger partial charge in [-0.1, -0.05) is 20.8 Å². The van der Waals surface area contributed by atoms with Crippen LogP contribution in [-0.4, -0.2) is 37.6 Å². The minimum absolute atomic E-state index is 0.0226. The second-order valence-electron chi connectivity index (χ2n) is 10.1. The lowest BCUT2D eigenvalue weighted by Crippen LogP contribution is -3.15. The molecule has 0 radical (unpaired) electrons. The summed E-state index contributed by atoms with van der Waals surface area (Å²) in [4.78, 5) is 28.1. The van der Waals surface area contributed by atoms with Crippen LogP contribution in [0.1, 0.15) is 74.2 Å². The van der Waals surface area contributed by atoms with Gasteiger partial charge in [0.25, 0.3) is 5.91 Å². The lowest BCUT2D eigenvalue weighted by atomic mass is 9.65. The van der Waals surface area contributed by atoms with Gasteiger partial charge in [-0.25, -0.2) is 4.79 Å². The molecule has 2 aliphatic carbocycles. The Morgan fingerprint density at radius 2 is 2.04 bits per heavy atom. The third-order valence-electron chi connectivity index (χ3n) is 6.72. The molecule has 3 atom stereocenters. The van der Waals surface area contributed by atoms with E-state index in [0.717, 1.165) is 31.4 Å². The smallest absolute Gasteiger partial charge is 0.341 e. The molecular weight excluding hydrogens is 372 g/mol. The van der Waals surface area contributed by atoms with Crippen LogP contribution in [0.25, 0.3) is 0 Å². The molecule has 1 aromatic rings. The van der Waals surface area contributed by atoms with Crippen LogP contribution in [0.3, 0.4) is 0 Å². The number of aryl methyl sites for hydroxylation is 1. The highest BCUT2D eigenvalue weighted by atomic mass is 32.1. The number of nitrogens with one attached hydrogen (secondary N) is 2. The number of carbonyl (C=O) groups excluding carboxylic acids is 2. The minimum atomic E-state index is -0.296. The molecule has 4 rings (SSSR count). The number of hydrogen-bond acceptors (Lipinski definition) is 4. The molecule has 5 nitrogen and oxygen atoms in total. The van der Waals surface area contributed by atoms with Crippen LogP contribution in [-0.2, 0) is 22.4 Å². The van der Waals surface area contributed by atoms with E-state index in [0.29, 0.717) is 40.6 Å². The Morgan fingerprint density at radius 3 is 2.79 bits per heavy atom. The zero-order valence-corrected chi connectivity index (χ0v) is 18.4. The Labute approximate surface area is 171 Å². The molecule has 2 heterocycles. The Balaban J connectivity index is 1.47. The maximum absolute atomic E-state index is 12.9. The number of anilines is 1. The predicted molar refractivity (Wildman–Crippen MR) is 111 cm³/mol. The van der Waals surface area contributed by atoms with Crippen molar-refractivity contribution in [3.63, 3.8) is 0 Å². The second kappa shape index (κ2) is 7.13. The van der Waals surface area contributed by atoms with Crippen LogP contribution in [0.4, 0.5) is 5.00 Å². The molecule has 0 spiro atoms. The highest BCUT2D eigenvalue weighted by Crippen LogP contribution is 2.47. The number of fused-ring (bicyclic) bond motifs is 3. The number of ether oxygens (including phenoxy) is 1. The van der Waals surface area contributed by atoms with Crippen molar-refractivity contribution >= 4 is 28.2 Å². The summed E-state index contributed by atoms with van der Waals surface area (Å²) in [7, 11) is 0. The number of carbonyl (C=O) groups is 2. The quantitative estimate of drug-likeness (QED) is 0.741. The minimum Gasteiger partial charge on any atom is -0.462 e. The summed E-state index contributed by atoms with van der Waals surface area (Å²) in [5.74, 6) is -0.273. The van der Waals surface area contributed by atoms with E-state index in [2.05, 4.69) is 26.1 Å². The molecule has 28 heavy (non-hydrogen) atoms. The number of rotatable bonds is 5. The summed E-state index contributed by atoms with van der Waals surface area (Å²) in [6, 6.07) is 0.567. The van der Waals surface area contributed by atoms with Crippen LogP contribution >= 0.6 is 11.3 Å². The van der Waals surface area contributed by atoms with Gasteiger partial charge in [0.15, 0.2) is 6.54 Å². The summed E-state index contributed by atoms with van der Waals surface area (Å²) < 4.78 is 5.27. The maximum Gasteiger partial charge on any atom is 0.341 e. The molecule has 1 amide bonds. The van der Waals surface area contributed by atoms with E-state index in [1.54, 1.807) is 11.3 Å². The van der Waals surface area contributed by atoms with E-state index >= 15 is 0 Å². The van der Waals surface area contributed by atoms with Crippen molar-refractivity contribution in [2.45, 2.75) is 72.3 Å². The molecule has 2 fully saturated rings. The number of esters is 1. The maximum atomic E-state index is 12.9. The average molecular weight is 406 g/mol. The van der Waals surface area contributed by atoms with Gasteiger partial charge in [0.05, 0.1) is 24.8 Å². The molecule has 3 aliphatic rings. The summed E-state index contributed by atoms with van der Waals surface area (Å²) in [5, 5.41) is 3.77. The van der Waals surface area contributed by atoms with Crippen molar-refractivity contribution in [3.05, 3.63) is 16.0 Å². The first-order valence-corrected chi connectivity index (χ1v) is 11.5. The highest BCUT2D eigenvalue weighted by molar-refractivity contribution is 7.17. The van der Waals surface area contributed by atoms with Crippen LogP contribution in [0, 0.1) is 10.8 Å². The van der Waals surface area contributed by atoms with Gasteiger partial charge in [0, 0.05) is 23.1 Å². The SMILES string of the molecule is CCOC(=O)c1c(NC(=O)C[NH+]2C[C@]3(C)C[C@H]2CC(C)(C)C3)sc2c1CCC2. The van der Waals surface area contributed by atoms with Crippen LogP contribution < -0.4 is 10.2 Å². The first-order chi connectivity index (χ1) is 13.2. The van der Waals surface area contributed by atoms with Crippen LogP contribution in [0.5, 0.6) is 0 Å². The van der Waals surface area contributed by atoms with Crippen molar-refractivity contribution in [2.24, 2.45) is 10.8 Å². The number of likely N-dealkylation sites (tertiary alicyclic amines) is 1. The fourth-order valence-corrected chi connectivity index (χ4v) is 7.54. The Kier molecular flexibility index (Phi) is 5.07. The average Bonchev–Trinajstić information content (AvgIpc) is 3.18. The topological polar surface area (TPSA) is 59.8 Å². The molecule has 6 heteroatoms. The summed E-state index contributed by atoms with van der Waals surface area (Å²) in [6.07, 6.45) is 6.63. The summed E-state index contributed by atoms with van der Waals surface area (Å²) >= 11 is 1.57. The van der Waals surface area contributed by atoms with E-state index in [1.807, 2.05) is 6.92 Å². The Bertz CT molecular complexity index is 800. The van der Waals surface area contributed by atoms with E-state index in [-0.39, 0.29) is 11.9 Å². The summed E-state index contributed by atoms with van der Waals surface area (Å²) in [5.41, 5.74) is 2.41. The van der Waals surface area contributed by atoms with E-state index in [9.17, 15) is 9.59 Å². The van der Waals surface area contributed by atoms with Crippen molar-refractivity contribution in [3.8, 4) is 0 Å². The van der Waals surface area contributed by atoms with Crippen molar-refractivity contribution in [1.29, 1.82) is 0 Å². The van der Waals surface area contributed by atoms with Gasteiger partial charge in [-0.05, 0) is 43.6 Å². The molecule has 2 N–H and O–H groups in total. The zero-order valence-electron chi connectivity index (χ0n) is 17.6. The van der Waals surface area contributed by atoms with Gasteiger partial charge in [-0.3, -0.25) is 4.79 Å². The van der Waals surface area contributed by atoms with Crippen molar-refractivity contribution < 1.29 is 19.2 Å². The standard InChI is InChI=1S/C22H32N2O3S/c1-5-27-20(26)18-15-7-6-8-16(15)28-19(18)23-17(25)11-24-13-22(4)10-14(24)9-21(2,3)12-22/h14H,5-13H2,1-4H3,(H,23,25)/p+1/t14-,22-/m1/s1. The lowest BCUT2D eigenvalue weighted by molar-refractivity contribution is -0.906. The zero-order chi connectivity index (χ0) is 20.1. The number of thiophene rings is 1. The monoisotopic (exact) mass is 405 g/mol. The number of quaternary nitrogens is 1. The second-order valence-corrected chi connectivity index (χ2v) is 11.2. The van der Waals surface area contributed by atoms with Gasteiger partial charge in [-0.15, -0.1) is 11.3 Å². The normalized spacial score (nSPS) is 30.1. The van der Waals surface area contributed by atoms with Gasteiger partial charge in [-0.2, -0.15) is 0 Å².